The molecule has 0 saturated carbocycles. The van der Waals surface area contributed by atoms with Gasteiger partial charge in [-0.1, -0.05) is 11.6 Å². The summed E-state index contributed by atoms with van der Waals surface area (Å²) in [6.07, 6.45) is 0. The fourth-order valence-electron chi connectivity index (χ4n) is 1.92. The Morgan fingerprint density at radius 3 is 2.14 bits per heavy atom. The smallest absolute Gasteiger partial charge is 0.255 e. The number of hydrogen-bond donors (Lipinski definition) is 1. The lowest BCUT2D eigenvalue weighted by molar-refractivity contribution is 0.102. The Labute approximate surface area is 133 Å². The summed E-state index contributed by atoms with van der Waals surface area (Å²) in [4.78, 5) is 12.2. The lowest BCUT2D eigenvalue weighted by atomic mass is 10.2. The predicted octanol–water partition coefficient (Wildman–Crippen LogP) is 3.62. The summed E-state index contributed by atoms with van der Waals surface area (Å²) in [7, 11) is 4.60. The Kier molecular flexibility index (Phi) is 5.12. The molecule has 0 aromatic heterocycles. The third kappa shape index (κ3) is 3.43. The van der Waals surface area contributed by atoms with Crippen LogP contribution in [0.2, 0.25) is 5.02 Å². The highest BCUT2D eigenvalue weighted by Gasteiger charge is 2.11. The number of carbonyl (C=O) groups is 1. The first kappa shape index (κ1) is 16.0. The molecule has 0 heterocycles. The number of ether oxygens (including phenoxy) is 3. The summed E-state index contributed by atoms with van der Waals surface area (Å²) in [6.45, 7) is 0. The average Bonchev–Trinajstić information content (AvgIpc) is 2.54. The van der Waals surface area contributed by atoms with Gasteiger partial charge in [0.2, 0.25) is 0 Å². The molecule has 0 spiro atoms. The molecule has 0 aliphatic heterocycles. The van der Waals surface area contributed by atoms with Gasteiger partial charge in [0, 0.05) is 17.3 Å². The van der Waals surface area contributed by atoms with E-state index in [1.165, 1.54) is 14.2 Å². The molecule has 1 N–H and O–H groups in total. The second-order valence-corrected chi connectivity index (χ2v) is 4.78. The molecule has 0 aliphatic rings. The van der Waals surface area contributed by atoms with Gasteiger partial charge in [-0.05, 0) is 30.3 Å². The second kappa shape index (κ2) is 7.04. The van der Waals surface area contributed by atoms with Gasteiger partial charge in [0.25, 0.3) is 5.91 Å². The van der Waals surface area contributed by atoms with Crippen molar-refractivity contribution in [3.05, 3.63) is 47.0 Å². The van der Waals surface area contributed by atoms with Crippen molar-refractivity contribution < 1.29 is 19.0 Å². The molecular weight excluding hydrogens is 306 g/mol. The van der Waals surface area contributed by atoms with Crippen LogP contribution < -0.4 is 19.5 Å². The number of nitrogens with one attached hydrogen (secondary N) is 1. The van der Waals surface area contributed by atoms with Gasteiger partial charge in [0.15, 0.2) is 11.5 Å². The van der Waals surface area contributed by atoms with Gasteiger partial charge in [-0.3, -0.25) is 4.79 Å². The summed E-state index contributed by atoms with van der Waals surface area (Å²) in [5.41, 5.74) is 1.02. The molecule has 2 rings (SSSR count). The number of rotatable bonds is 5. The van der Waals surface area contributed by atoms with Gasteiger partial charge in [0.1, 0.15) is 5.75 Å². The zero-order chi connectivity index (χ0) is 16.1. The van der Waals surface area contributed by atoms with Gasteiger partial charge in [-0.15, -0.1) is 0 Å². The molecule has 5 nitrogen and oxygen atoms in total. The number of amides is 1. The van der Waals surface area contributed by atoms with E-state index in [0.717, 1.165) is 0 Å². The summed E-state index contributed by atoms with van der Waals surface area (Å²) in [6, 6.07) is 9.96. The standard InChI is InChI=1S/C16H16ClNO4/c1-20-13-6-4-10(8-12(13)17)16(19)18-11-5-7-14(21-2)15(9-11)22-3/h4-9H,1-3H3,(H,18,19). The molecule has 0 aliphatic carbocycles. The zero-order valence-corrected chi connectivity index (χ0v) is 13.2. The largest absolute Gasteiger partial charge is 0.495 e. The molecule has 1 amide bonds. The van der Waals surface area contributed by atoms with Crippen LogP contribution >= 0.6 is 11.6 Å². The van der Waals surface area contributed by atoms with Gasteiger partial charge >= 0.3 is 0 Å². The Hall–Kier alpha value is -2.40. The van der Waals surface area contributed by atoms with Crippen molar-refractivity contribution in [1.82, 2.24) is 0 Å². The quantitative estimate of drug-likeness (QED) is 0.914. The van der Waals surface area contributed by atoms with E-state index in [0.29, 0.717) is 33.5 Å². The Balaban J connectivity index is 2.20. The third-order valence-electron chi connectivity index (χ3n) is 3.06. The van der Waals surface area contributed by atoms with Crippen molar-refractivity contribution in [2.24, 2.45) is 0 Å². The number of anilines is 1. The van der Waals surface area contributed by atoms with Crippen LogP contribution in [0.1, 0.15) is 10.4 Å². The number of methoxy groups -OCH3 is 3. The van der Waals surface area contributed by atoms with Crippen LogP contribution in [-0.2, 0) is 0 Å². The Morgan fingerprint density at radius 1 is 0.909 bits per heavy atom. The van der Waals surface area contributed by atoms with E-state index < -0.39 is 0 Å². The average molecular weight is 322 g/mol. The van der Waals surface area contributed by atoms with E-state index in [1.54, 1.807) is 43.5 Å². The highest BCUT2D eigenvalue weighted by molar-refractivity contribution is 6.32. The van der Waals surface area contributed by atoms with Crippen LogP contribution in [-0.4, -0.2) is 27.2 Å². The van der Waals surface area contributed by atoms with Crippen molar-refractivity contribution in [2.75, 3.05) is 26.6 Å². The predicted molar refractivity (Wildman–Crippen MR) is 85.5 cm³/mol. The van der Waals surface area contributed by atoms with Gasteiger partial charge in [-0.2, -0.15) is 0 Å². The van der Waals surface area contributed by atoms with Crippen LogP contribution in [0.5, 0.6) is 17.2 Å². The molecule has 0 bridgehead atoms. The number of halogens is 1. The first-order chi connectivity index (χ1) is 10.6. The van der Waals surface area contributed by atoms with Gasteiger partial charge in [-0.25, -0.2) is 0 Å². The maximum absolute atomic E-state index is 12.2. The fraction of sp³-hybridized carbons (Fsp3) is 0.188. The summed E-state index contributed by atoms with van der Waals surface area (Å²) < 4.78 is 15.4. The zero-order valence-electron chi connectivity index (χ0n) is 12.5. The van der Waals surface area contributed by atoms with Gasteiger partial charge < -0.3 is 19.5 Å². The van der Waals surface area contributed by atoms with Crippen LogP contribution in [0.3, 0.4) is 0 Å². The molecule has 0 saturated heterocycles. The fourth-order valence-corrected chi connectivity index (χ4v) is 2.18. The molecular formula is C16H16ClNO4. The summed E-state index contributed by atoms with van der Waals surface area (Å²) in [5.74, 6) is 1.36. The maximum atomic E-state index is 12.2. The van der Waals surface area contributed by atoms with Gasteiger partial charge in [0.05, 0.1) is 26.4 Å². The highest BCUT2D eigenvalue weighted by Crippen LogP contribution is 2.30. The molecule has 116 valence electrons. The molecule has 0 atom stereocenters. The van der Waals surface area contributed by atoms with Crippen molar-refractivity contribution >= 4 is 23.2 Å². The van der Waals surface area contributed by atoms with E-state index in [1.807, 2.05) is 0 Å². The second-order valence-electron chi connectivity index (χ2n) is 4.37. The molecule has 0 fully saturated rings. The molecule has 2 aromatic rings. The molecule has 6 heteroatoms. The third-order valence-corrected chi connectivity index (χ3v) is 3.35. The van der Waals surface area contributed by atoms with E-state index >= 15 is 0 Å². The molecule has 22 heavy (non-hydrogen) atoms. The van der Waals surface area contributed by atoms with Crippen LogP contribution in [0.4, 0.5) is 5.69 Å². The lowest BCUT2D eigenvalue weighted by Gasteiger charge is -2.11. The normalized spacial score (nSPS) is 10.0. The highest BCUT2D eigenvalue weighted by atomic mass is 35.5. The van der Waals surface area contributed by atoms with Crippen molar-refractivity contribution in [1.29, 1.82) is 0 Å². The van der Waals surface area contributed by atoms with Crippen molar-refractivity contribution in [3.63, 3.8) is 0 Å². The van der Waals surface area contributed by atoms with Crippen molar-refractivity contribution in [2.45, 2.75) is 0 Å². The lowest BCUT2D eigenvalue weighted by Crippen LogP contribution is -2.12. The number of carbonyl (C=O) groups excluding carboxylic acids is 1. The summed E-state index contributed by atoms with van der Waals surface area (Å²) >= 11 is 6.02. The van der Waals surface area contributed by atoms with Crippen LogP contribution in [0.25, 0.3) is 0 Å². The van der Waals surface area contributed by atoms with E-state index in [-0.39, 0.29) is 5.91 Å². The van der Waals surface area contributed by atoms with E-state index in [4.69, 9.17) is 25.8 Å². The Morgan fingerprint density at radius 2 is 1.55 bits per heavy atom. The Bertz CT molecular complexity index is 688. The first-order valence-electron chi connectivity index (χ1n) is 6.46. The first-order valence-corrected chi connectivity index (χ1v) is 6.83. The van der Waals surface area contributed by atoms with Crippen LogP contribution in [0, 0.1) is 0 Å². The minimum atomic E-state index is -0.281. The number of benzene rings is 2. The molecule has 0 radical (unpaired) electrons. The maximum Gasteiger partial charge on any atom is 0.255 e. The topological polar surface area (TPSA) is 56.8 Å². The van der Waals surface area contributed by atoms with E-state index in [2.05, 4.69) is 5.32 Å². The number of hydrogen-bond acceptors (Lipinski definition) is 4. The van der Waals surface area contributed by atoms with Crippen LogP contribution in [0.15, 0.2) is 36.4 Å². The molecule has 2 aromatic carbocycles. The molecule has 0 unspecified atom stereocenters. The SMILES string of the molecule is COc1ccc(C(=O)Nc2ccc(OC)c(OC)c2)cc1Cl. The van der Waals surface area contributed by atoms with E-state index in [9.17, 15) is 4.79 Å². The van der Waals surface area contributed by atoms with Crippen molar-refractivity contribution in [3.8, 4) is 17.2 Å². The monoisotopic (exact) mass is 321 g/mol. The minimum Gasteiger partial charge on any atom is -0.495 e. The summed E-state index contributed by atoms with van der Waals surface area (Å²) in [5, 5.41) is 3.15. The minimum absolute atomic E-state index is 0.281.